The predicted molar refractivity (Wildman–Crippen MR) is 69.0 cm³/mol. The first-order valence-electron chi connectivity index (χ1n) is 6.31. The second kappa shape index (κ2) is 7.96. The van der Waals surface area contributed by atoms with E-state index in [-0.39, 0.29) is 6.04 Å². The zero-order valence-corrected chi connectivity index (χ0v) is 10.9. The van der Waals surface area contributed by atoms with Crippen molar-refractivity contribution in [3.05, 3.63) is 0 Å². The van der Waals surface area contributed by atoms with Gasteiger partial charge in [0.15, 0.2) is 0 Å². The molecule has 1 aliphatic carbocycles. The second-order valence-corrected chi connectivity index (χ2v) is 5.79. The fourth-order valence-corrected chi connectivity index (χ4v) is 3.33. The Kier molecular flexibility index (Phi) is 6.88. The van der Waals surface area contributed by atoms with Crippen LogP contribution in [-0.2, 0) is 4.79 Å². The summed E-state index contributed by atoms with van der Waals surface area (Å²) < 4.78 is 0. The Hall–Kier alpha value is -0.220. The number of nitrogens with one attached hydrogen (secondary N) is 1. The molecule has 0 amide bonds. The average Bonchev–Trinajstić information content (AvgIpc) is 2.30. The Bertz CT molecular complexity index is 205. The van der Waals surface area contributed by atoms with Crippen LogP contribution in [0.15, 0.2) is 0 Å². The molecule has 1 rings (SSSR count). The van der Waals surface area contributed by atoms with Gasteiger partial charge < -0.3 is 10.4 Å². The first-order valence-corrected chi connectivity index (χ1v) is 7.36. The van der Waals surface area contributed by atoms with Gasteiger partial charge in [0.1, 0.15) is 6.04 Å². The Labute approximate surface area is 102 Å². The summed E-state index contributed by atoms with van der Waals surface area (Å²) >= 11 is 2.01. The van der Waals surface area contributed by atoms with E-state index >= 15 is 0 Å². The molecule has 1 aliphatic rings. The first kappa shape index (κ1) is 13.8. The Morgan fingerprint density at radius 2 is 2.12 bits per heavy atom. The monoisotopic (exact) mass is 245 g/mol. The molecule has 4 heteroatoms. The molecule has 1 unspecified atom stereocenters. The van der Waals surface area contributed by atoms with E-state index in [4.69, 9.17) is 5.11 Å². The molecular weight excluding hydrogens is 222 g/mol. The highest BCUT2D eigenvalue weighted by Gasteiger charge is 2.15. The minimum atomic E-state index is -0.731. The van der Waals surface area contributed by atoms with Gasteiger partial charge in [-0.15, -0.1) is 0 Å². The number of hydrogen-bond donors (Lipinski definition) is 2. The van der Waals surface area contributed by atoms with E-state index in [1.54, 1.807) is 0 Å². The Balaban J connectivity index is 2.03. The van der Waals surface area contributed by atoms with Gasteiger partial charge in [-0.1, -0.05) is 26.2 Å². The van der Waals surface area contributed by atoms with E-state index in [1.165, 1.54) is 32.1 Å². The summed E-state index contributed by atoms with van der Waals surface area (Å²) in [5, 5.41) is 12.8. The molecule has 0 bridgehead atoms. The molecule has 94 valence electrons. The van der Waals surface area contributed by atoms with Crippen LogP contribution in [0.25, 0.3) is 0 Å². The maximum atomic E-state index is 10.8. The van der Waals surface area contributed by atoms with E-state index in [0.29, 0.717) is 6.42 Å². The topological polar surface area (TPSA) is 49.3 Å². The van der Waals surface area contributed by atoms with Crippen LogP contribution in [0, 0.1) is 0 Å². The summed E-state index contributed by atoms with van der Waals surface area (Å²) in [6, 6.07) is -0.369. The van der Waals surface area contributed by atoms with Gasteiger partial charge in [0, 0.05) is 17.5 Å². The number of rotatable bonds is 7. The second-order valence-electron chi connectivity index (χ2n) is 4.38. The minimum absolute atomic E-state index is 0.369. The zero-order valence-electron chi connectivity index (χ0n) is 10.1. The van der Waals surface area contributed by atoms with Crippen molar-refractivity contribution in [2.24, 2.45) is 0 Å². The summed E-state index contributed by atoms with van der Waals surface area (Å²) in [7, 11) is 0. The number of thioether (sulfide) groups is 1. The summed E-state index contributed by atoms with van der Waals surface area (Å²) in [5.74, 6) is 0.305. The lowest BCUT2D eigenvalue weighted by atomic mass is 10.0. The van der Waals surface area contributed by atoms with Gasteiger partial charge in [-0.2, -0.15) is 11.8 Å². The molecule has 3 nitrogen and oxygen atoms in total. The molecule has 1 atom stereocenters. The molecule has 2 N–H and O–H groups in total. The average molecular weight is 245 g/mol. The van der Waals surface area contributed by atoms with E-state index in [9.17, 15) is 4.79 Å². The zero-order chi connectivity index (χ0) is 11.8. The normalized spacial score (nSPS) is 19.6. The van der Waals surface area contributed by atoms with Crippen LogP contribution >= 0.6 is 11.8 Å². The van der Waals surface area contributed by atoms with Crippen LogP contribution in [0.2, 0.25) is 0 Å². The Morgan fingerprint density at radius 3 is 2.69 bits per heavy atom. The lowest BCUT2D eigenvalue weighted by molar-refractivity contribution is -0.139. The van der Waals surface area contributed by atoms with Crippen molar-refractivity contribution in [2.45, 2.75) is 56.7 Å². The maximum absolute atomic E-state index is 10.8. The Morgan fingerprint density at radius 1 is 1.44 bits per heavy atom. The predicted octanol–water partition coefficient (Wildman–Crippen LogP) is 2.51. The van der Waals surface area contributed by atoms with Crippen molar-refractivity contribution in [3.63, 3.8) is 0 Å². The molecule has 1 saturated carbocycles. The van der Waals surface area contributed by atoms with Gasteiger partial charge in [-0.25, -0.2) is 0 Å². The smallest absolute Gasteiger partial charge is 0.320 e. The van der Waals surface area contributed by atoms with Crippen LogP contribution in [0.1, 0.15) is 45.4 Å². The highest BCUT2D eigenvalue weighted by molar-refractivity contribution is 7.99. The molecular formula is C12H23NO2S. The molecule has 0 heterocycles. The number of aliphatic carboxylic acids is 1. The number of carboxylic acids is 1. The lowest BCUT2D eigenvalue weighted by Gasteiger charge is -2.21. The van der Waals surface area contributed by atoms with Crippen molar-refractivity contribution >= 4 is 17.7 Å². The number of carboxylic acid groups (broad SMARTS) is 1. The van der Waals surface area contributed by atoms with Crippen molar-refractivity contribution in [1.29, 1.82) is 0 Å². The van der Waals surface area contributed by atoms with E-state index in [0.717, 1.165) is 17.5 Å². The number of hydrogen-bond acceptors (Lipinski definition) is 3. The summed E-state index contributed by atoms with van der Waals surface area (Å²) in [6.07, 6.45) is 7.49. The van der Waals surface area contributed by atoms with E-state index < -0.39 is 5.97 Å². The fourth-order valence-electron chi connectivity index (χ4n) is 2.10. The van der Waals surface area contributed by atoms with Gasteiger partial charge in [0.2, 0.25) is 0 Å². The molecule has 0 saturated heterocycles. The lowest BCUT2D eigenvalue weighted by Crippen LogP contribution is -2.37. The maximum Gasteiger partial charge on any atom is 0.320 e. The third kappa shape index (κ3) is 5.21. The van der Waals surface area contributed by atoms with Crippen LogP contribution in [0.4, 0.5) is 0 Å². The highest BCUT2D eigenvalue weighted by atomic mass is 32.2. The van der Waals surface area contributed by atoms with Gasteiger partial charge in [-0.05, 0) is 19.3 Å². The molecule has 1 fully saturated rings. The highest BCUT2D eigenvalue weighted by Crippen LogP contribution is 2.27. The van der Waals surface area contributed by atoms with Crippen LogP contribution in [-0.4, -0.2) is 34.7 Å². The molecule has 0 aromatic carbocycles. The van der Waals surface area contributed by atoms with Gasteiger partial charge in [0.05, 0.1) is 0 Å². The molecule has 0 aromatic heterocycles. The summed E-state index contributed by atoms with van der Waals surface area (Å²) in [4.78, 5) is 10.8. The van der Waals surface area contributed by atoms with E-state index in [2.05, 4.69) is 5.32 Å². The fraction of sp³-hybridized carbons (Fsp3) is 0.917. The van der Waals surface area contributed by atoms with Gasteiger partial charge in [0.25, 0.3) is 0 Å². The van der Waals surface area contributed by atoms with Crippen LogP contribution in [0.3, 0.4) is 0 Å². The van der Waals surface area contributed by atoms with Crippen molar-refractivity contribution < 1.29 is 9.90 Å². The molecule has 0 aromatic rings. The third-order valence-corrected chi connectivity index (χ3v) is 4.49. The van der Waals surface area contributed by atoms with Crippen molar-refractivity contribution in [1.82, 2.24) is 5.32 Å². The van der Waals surface area contributed by atoms with Crippen molar-refractivity contribution in [3.8, 4) is 0 Å². The van der Waals surface area contributed by atoms with E-state index in [1.807, 2.05) is 18.7 Å². The molecule has 0 radical (unpaired) electrons. The number of carbonyl (C=O) groups is 1. The third-order valence-electron chi connectivity index (χ3n) is 3.10. The largest absolute Gasteiger partial charge is 0.480 e. The quantitative estimate of drug-likeness (QED) is 0.677. The van der Waals surface area contributed by atoms with Crippen LogP contribution < -0.4 is 5.32 Å². The molecule has 16 heavy (non-hydrogen) atoms. The first-order chi connectivity index (χ1) is 7.74. The molecule has 0 spiro atoms. The minimum Gasteiger partial charge on any atom is -0.480 e. The van der Waals surface area contributed by atoms with Crippen molar-refractivity contribution in [2.75, 3.05) is 12.3 Å². The standard InChI is InChI=1S/C12H23NO2S/c1-2-11(12(14)15)13-8-9-16-10-6-4-3-5-7-10/h10-11,13H,2-9H2,1H3,(H,14,15). The summed E-state index contributed by atoms with van der Waals surface area (Å²) in [6.45, 7) is 2.71. The molecule has 0 aliphatic heterocycles. The van der Waals surface area contributed by atoms with Gasteiger partial charge >= 0.3 is 5.97 Å². The van der Waals surface area contributed by atoms with Gasteiger partial charge in [-0.3, -0.25) is 4.79 Å². The summed E-state index contributed by atoms with van der Waals surface area (Å²) in [5.41, 5.74) is 0. The SMILES string of the molecule is CCC(NCCSC1CCCCC1)C(=O)O. The van der Waals surface area contributed by atoms with Crippen LogP contribution in [0.5, 0.6) is 0 Å².